The molecule has 2 rings (SSSR count). The van der Waals surface area contributed by atoms with Gasteiger partial charge in [0.05, 0.1) is 5.02 Å². The number of nitrogens with one attached hydrogen (secondary N) is 2. The number of carbonyl (C=O) groups excluding carboxylic acids is 1. The summed E-state index contributed by atoms with van der Waals surface area (Å²) >= 11 is 5.81. The van der Waals surface area contributed by atoms with E-state index in [0.717, 1.165) is 13.0 Å². The van der Waals surface area contributed by atoms with Crippen molar-refractivity contribution < 1.29 is 9.90 Å². The predicted molar refractivity (Wildman–Crippen MR) is 80.3 cm³/mol. The Balaban J connectivity index is 1.96. The molecule has 1 aliphatic heterocycles. The van der Waals surface area contributed by atoms with Gasteiger partial charge < -0.3 is 15.7 Å². The van der Waals surface area contributed by atoms with Gasteiger partial charge in [0, 0.05) is 18.2 Å². The highest BCUT2D eigenvalue weighted by Gasteiger charge is 2.31. The third kappa shape index (κ3) is 3.44. The number of carbonyl (C=O) groups is 1. The molecule has 5 heteroatoms. The molecule has 1 aromatic carbocycles. The van der Waals surface area contributed by atoms with Gasteiger partial charge >= 0.3 is 0 Å². The molecule has 110 valence electrons. The highest BCUT2D eigenvalue weighted by molar-refractivity contribution is 6.32. The van der Waals surface area contributed by atoms with Crippen LogP contribution in [0, 0.1) is 5.41 Å². The second-order valence-electron chi connectivity index (χ2n) is 5.98. The number of benzene rings is 1. The fourth-order valence-corrected chi connectivity index (χ4v) is 2.74. The molecule has 1 atom stereocenters. The van der Waals surface area contributed by atoms with Crippen molar-refractivity contribution in [2.75, 3.05) is 13.1 Å². The molecule has 0 saturated carbocycles. The van der Waals surface area contributed by atoms with Crippen LogP contribution in [0.1, 0.15) is 37.0 Å². The number of hydrogen-bond acceptors (Lipinski definition) is 3. The number of hydrogen-bond donors (Lipinski definition) is 3. The minimum absolute atomic E-state index is 0.0155. The Morgan fingerprint density at radius 3 is 2.95 bits per heavy atom. The van der Waals surface area contributed by atoms with Crippen molar-refractivity contribution in [1.82, 2.24) is 10.6 Å². The van der Waals surface area contributed by atoms with Crippen molar-refractivity contribution in [3.8, 4) is 5.75 Å². The molecule has 1 heterocycles. The highest BCUT2D eigenvalue weighted by Crippen LogP contribution is 2.29. The van der Waals surface area contributed by atoms with E-state index >= 15 is 0 Å². The third-order valence-corrected chi connectivity index (χ3v) is 4.31. The molecule has 1 aromatic rings. The number of halogens is 1. The van der Waals surface area contributed by atoms with Crippen LogP contribution in [0.3, 0.4) is 0 Å². The van der Waals surface area contributed by atoms with Crippen molar-refractivity contribution in [3.63, 3.8) is 0 Å². The van der Waals surface area contributed by atoms with E-state index in [0.29, 0.717) is 12.1 Å². The minimum atomic E-state index is -0.171. The maximum atomic E-state index is 12.1. The number of phenols is 1. The molecule has 0 radical (unpaired) electrons. The highest BCUT2D eigenvalue weighted by atomic mass is 35.5. The average Bonchev–Trinajstić information content (AvgIpc) is 2.40. The maximum Gasteiger partial charge on any atom is 0.251 e. The first-order valence-electron chi connectivity index (χ1n) is 6.90. The summed E-state index contributed by atoms with van der Waals surface area (Å²) in [5.41, 5.74) is 0.638. The lowest BCUT2D eigenvalue weighted by Gasteiger charge is -2.39. The molecule has 0 aromatic heterocycles. The summed E-state index contributed by atoms with van der Waals surface area (Å²) in [4.78, 5) is 12.1. The Morgan fingerprint density at radius 2 is 2.30 bits per heavy atom. The lowest BCUT2D eigenvalue weighted by atomic mass is 9.77. The molecule has 20 heavy (non-hydrogen) atoms. The van der Waals surface area contributed by atoms with E-state index in [9.17, 15) is 9.90 Å². The maximum absolute atomic E-state index is 12.1. The molecule has 4 nitrogen and oxygen atoms in total. The Hall–Kier alpha value is -1.26. The minimum Gasteiger partial charge on any atom is -0.506 e. The van der Waals surface area contributed by atoms with E-state index in [-0.39, 0.29) is 28.1 Å². The summed E-state index contributed by atoms with van der Waals surface area (Å²) in [6.45, 7) is 6.01. The first kappa shape index (κ1) is 15.1. The van der Waals surface area contributed by atoms with Gasteiger partial charge in [-0.2, -0.15) is 0 Å². The zero-order chi connectivity index (χ0) is 14.8. The molecule has 0 spiro atoms. The number of amides is 1. The molecular formula is C15H21ClN2O2. The normalized spacial score (nSPS) is 21.4. The fraction of sp³-hybridized carbons (Fsp3) is 0.533. The van der Waals surface area contributed by atoms with E-state index in [1.807, 2.05) is 0 Å². The van der Waals surface area contributed by atoms with E-state index in [4.69, 9.17) is 11.6 Å². The lowest BCUT2D eigenvalue weighted by Crippen LogP contribution is -2.52. The molecular weight excluding hydrogens is 276 g/mol. The standard InChI is InChI=1S/C15H21ClN2O2/c1-15(2)6-3-7-17-13(15)9-18-14(20)10-4-5-12(19)11(16)8-10/h4-5,8,13,17,19H,3,6-7,9H2,1-2H3,(H,18,20). The zero-order valence-electron chi connectivity index (χ0n) is 11.9. The van der Waals surface area contributed by atoms with Crippen LogP contribution in [-0.2, 0) is 0 Å². The summed E-state index contributed by atoms with van der Waals surface area (Å²) in [6, 6.07) is 4.75. The van der Waals surface area contributed by atoms with Crippen LogP contribution >= 0.6 is 11.6 Å². The van der Waals surface area contributed by atoms with Gasteiger partial charge in [0.25, 0.3) is 5.91 Å². The van der Waals surface area contributed by atoms with Crippen molar-refractivity contribution in [3.05, 3.63) is 28.8 Å². The van der Waals surface area contributed by atoms with Crippen molar-refractivity contribution in [2.45, 2.75) is 32.7 Å². The number of aromatic hydroxyl groups is 1. The molecule has 1 amide bonds. The average molecular weight is 297 g/mol. The predicted octanol–water partition coefficient (Wildman–Crippen LogP) is 2.55. The van der Waals surface area contributed by atoms with Crippen molar-refractivity contribution in [1.29, 1.82) is 0 Å². The Bertz CT molecular complexity index is 503. The quantitative estimate of drug-likeness (QED) is 0.803. The van der Waals surface area contributed by atoms with Crippen LogP contribution in [0.2, 0.25) is 5.02 Å². The first-order chi connectivity index (χ1) is 9.40. The van der Waals surface area contributed by atoms with Gasteiger partial charge in [0.1, 0.15) is 5.75 Å². The summed E-state index contributed by atoms with van der Waals surface area (Å²) in [5, 5.41) is 15.9. The number of phenolic OH excluding ortho intramolecular Hbond substituents is 1. The van der Waals surface area contributed by atoms with E-state index in [2.05, 4.69) is 24.5 Å². The van der Waals surface area contributed by atoms with Crippen LogP contribution < -0.4 is 10.6 Å². The fourth-order valence-electron chi connectivity index (χ4n) is 2.56. The molecule has 1 saturated heterocycles. The van der Waals surface area contributed by atoms with Gasteiger partial charge in [-0.3, -0.25) is 4.79 Å². The van der Waals surface area contributed by atoms with Crippen molar-refractivity contribution >= 4 is 17.5 Å². The molecule has 1 aliphatic rings. The molecule has 3 N–H and O–H groups in total. The van der Waals surface area contributed by atoms with Crippen molar-refractivity contribution in [2.24, 2.45) is 5.41 Å². The van der Waals surface area contributed by atoms with Gasteiger partial charge in [0.2, 0.25) is 0 Å². The van der Waals surface area contributed by atoms with Crippen LogP contribution in [-0.4, -0.2) is 30.1 Å². The van der Waals surface area contributed by atoms with Crippen LogP contribution in [0.4, 0.5) is 0 Å². The second-order valence-corrected chi connectivity index (χ2v) is 6.38. The largest absolute Gasteiger partial charge is 0.506 e. The van der Waals surface area contributed by atoms with Crippen LogP contribution in [0.25, 0.3) is 0 Å². The van der Waals surface area contributed by atoms with Gasteiger partial charge in [-0.05, 0) is 43.0 Å². The van der Waals surface area contributed by atoms with Gasteiger partial charge in [-0.25, -0.2) is 0 Å². The van der Waals surface area contributed by atoms with Crippen LogP contribution in [0.5, 0.6) is 5.75 Å². The summed E-state index contributed by atoms with van der Waals surface area (Å²) in [6.07, 6.45) is 2.33. The van der Waals surface area contributed by atoms with E-state index in [1.165, 1.54) is 18.6 Å². The van der Waals surface area contributed by atoms with Gasteiger partial charge in [0.15, 0.2) is 0 Å². The molecule has 1 unspecified atom stereocenters. The first-order valence-corrected chi connectivity index (χ1v) is 7.28. The summed E-state index contributed by atoms with van der Waals surface area (Å²) < 4.78 is 0. The summed E-state index contributed by atoms with van der Waals surface area (Å²) in [7, 11) is 0. The van der Waals surface area contributed by atoms with E-state index in [1.54, 1.807) is 6.07 Å². The Morgan fingerprint density at radius 1 is 1.55 bits per heavy atom. The van der Waals surface area contributed by atoms with Gasteiger partial charge in [-0.15, -0.1) is 0 Å². The zero-order valence-corrected chi connectivity index (χ0v) is 12.6. The third-order valence-electron chi connectivity index (χ3n) is 4.01. The van der Waals surface area contributed by atoms with Gasteiger partial charge in [-0.1, -0.05) is 25.4 Å². The summed E-state index contributed by atoms with van der Waals surface area (Å²) in [5.74, 6) is -0.187. The molecule has 0 aliphatic carbocycles. The Labute approximate surface area is 124 Å². The number of piperidine rings is 1. The Kier molecular flexibility index (Phi) is 4.55. The van der Waals surface area contributed by atoms with Crippen LogP contribution in [0.15, 0.2) is 18.2 Å². The second kappa shape index (κ2) is 6.02. The lowest BCUT2D eigenvalue weighted by molar-refractivity contribution is 0.0929. The number of rotatable bonds is 3. The topological polar surface area (TPSA) is 61.4 Å². The monoisotopic (exact) mass is 296 g/mol. The van der Waals surface area contributed by atoms with E-state index < -0.39 is 0 Å². The SMILES string of the molecule is CC1(C)CCCNC1CNC(=O)c1ccc(O)c(Cl)c1. The molecule has 1 fully saturated rings. The smallest absolute Gasteiger partial charge is 0.251 e. The molecule has 0 bridgehead atoms.